The number of pyridine rings is 1. The fourth-order valence-electron chi connectivity index (χ4n) is 3.44. The van der Waals surface area contributed by atoms with Gasteiger partial charge in [0.25, 0.3) is 0 Å². The first-order valence-corrected chi connectivity index (χ1v) is 9.42. The summed E-state index contributed by atoms with van der Waals surface area (Å²) < 4.78 is 9.33. The van der Waals surface area contributed by atoms with Gasteiger partial charge in [0.1, 0.15) is 12.4 Å². The summed E-state index contributed by atoms with van der Waals surface area (Å²) in [5.41, 5.74) is 4.41. The van der Waals surface area contributed by atoms with Crippen LogP contribution in [-0.2, 0) is 6.61 Å². The number of hydrogen-bond acceptors (Lipinski definition) is 3. The standard InChI is InChI=1S/C23H23N3O2/c1-16(2)25-21-17(3)13-14-24-22(21)26(23(25)27)19-9-11-20(12-10-19)28-15-18-7-5-4-6-8-18/h4-14,16H,15H2,1-3H3. The number of fused-ring (bicyclic) bond motifs is 1. The predicted molar refractivity (Wildman–Crippen MR) is 111 cm³/mol. The number of aromatic nitrogens is 3. The van der Waals surface area contributed by atoms with E-state index in [2.05, 4.69) is 4.98 Å². The number of ether oxygens (including phenoxy) is 1. The van der Waals surface area contributed by atoms with Crippen LogP contribution in [0.4, 0.5) is 0 Å². The molecule has 2 aromatic carbocycles. The minimum Gasteiger partial charge on any atom is -0.489 e. The van der Waals surface area contributed by atoms with Crippen molar-refractivity contribution in [3.05, 3.63) is 88.5 Å². The molecule has 0 bridgehead atoms. The first-order valence-electron chi connectivity index (χ1n) is 9.42. The number of imidazole rings is 1. The largest absolute Gasteiger partial charge is 0.489 e. The normalized spacial score (nSPS) is 11.3. The van der Waals surface area contributed by atoms with Gasteiger partial charge in [-0.3, -0.25) is 4.57 Å². The minimum absolute atomic E-state index is 0.0487. The summed E-state index contributed by atoms with van der Waals surface area (Å²) in [5.74, 6) is 0.761. The fraction of sp³-hybridized carbons (Fsp3) is 0.217. The molecule has 5 heteroatoms. The molecule has 0 aliphatic rings. The molecule has 142 valence electrons. The topological polar surface area (TPSA) is 49.0 Å². The molecule has 0 fully saturated rings. The second-order valence-corrected chi connectivity index (χ2v) is 7.15. The SMILES string of the molecule is Cc1ccnc2c1n(C(C)C)c(=O)n2-c1ccc(OCc2ccccc2)cc1. The smallest absolute Gasteiger partial charge is 0.335 e. The van der Waals surface area contributed by atoms with E-state index in [1.165, 1.54) is 0 Å². The maximum atomic E-state index is 13.1. The number of hydrogen-bond donors (Lipinski definition) is 0. The highest BCUT2D eigenvalue weighted by Crippen LogP contribution is 2.23. The molecule has 0 radical (unpaired) electrons. The van der Waals surface area contributed by atoms with E-state index in [1.807, 2.05) is 81.4 Å². The summed E-state index contributed by atoms with van der Waals surface area (Å²) in [4.78, 5) is 17.6. The summed E-state index contributed by atoms with van der Waals surface area (Å²) in [6.07, 6.45) is 1.75. The van der Waals surface area contributed by atoms with Gasteiger partial charge in [0.05, 0.1) is 11.2 Å². The van der Waals surface area contributed by atoms with Crippen molar-refractivity contribution in [3.63, 3.8) is 0 Å². The Morgan fingerprint density at radius 3 is 2.39 bits per heavy atom. The van der Waals surface area contributed by atoms with Crippen molar-refractivity contribution in [1.82, 2.24) is 14.1 Å². The van der Waals surface area contributed by atoms with Crippen molar-refractivity contribution in [2.45, 2.75) is 33.4 Å². The van der Waals surface area contributed by atoms with Gasteiger partial charge in [0, 0.05) is 12.2 Å². The van der Waals surface area contributed by atoms with Crippen molar-refractivity contribution in [2.24, 2.45) is 0 Å². The average molecular weight is 373 g/mol. The molecular weight excluding hydrogens is 350 g/mol. The van der Waals surface area contributed by atoms with Crippen LogP contribution >= 0.6 is 0 Å². The molecule has 0 saturated carbocycles. The fourth-order valence-corrected chi connectivity index (χ4v) is 3.44. The van der Waals surface area contributed by atoms with Gasteiger partial charge >= 0.3 is 5.69 Å². The van der Waals surface area contributed by atoms with Crippen LogP contribution in [0.25, 0.3) is 16.9 Å². The zero-order valence-corrected chi connectivity index (χ0v) is 16.3. The second-order valence-electron chi connectivity index (χ2n) is 7.15. The molecule has 5 nitrogen and oxygen atoms in total. The van der Waals surface area contributed by atoms with Gasteiger partial charge in [-0.1, -0.05) is 30.3 Å². The summed E-state index contributed by atoms with van der Waals surface area (Å²) >= 11 is 0. The molecule has 4 rings (SSSR count). The van der Waals surface area contributed by atoms with Crippen molar-refractivity contribution >= 4 is 11.2 Å². The molecule has 0 N–H and O–H groups in total. The Bertz CT molecular complexity index is 1160. The molecular formula is C23H23N3O2. The molecule has 0 spiro atoms. The van der Waals surface area contributed by atoms with Crippen LogP contribution in [0.2, 0.25) is 0 Å². The summed E-state index contributed by atoms with van der Waals surface area (Å²) in [6.45, 7) is 6.54. The Morgan fingerprint density at radius 2 is 1.71 bits per heavy atom. The minimum atomic E-state index is -0.0789. The highest BCUT2D eigenvalue weighted by molar-refractivity contribution is 5.77. The monoisotopic (exact) mass is 373 g/mol. The van der Waals surface area contributed by atoms with Crippen LogP contribution in [0.5, 0.6) is 5.75 Å². The Labute approximate surface area is 163 Å². The van der Waals surface area contributed by atoms with Crippen molar-refractivity contribution < 1.29 is 4.74 Å². The van der Waals surface area contributed by atoms with E-state index in [1.54, 1.807) is 15.3 Å². The van der Waals surface area contributed by atoms with Crippen LogP contribution in [0.15, 0.2) is 71.7 Å². The van der Waals surface area contributed by atoms with Crippen LogP contribution in [-0.4, -0.2) is 14.1 Å². The summed E-state index contributed by atoms with van der Waals surface area (Å²) in [6, 6.07) is 19.6. The van der Waals surface area contributed by atoms with Crippen LogP contribution < -0.4 is 10.4 Å². The highest BCUT2D eigenvalue weighted by atomic mass is 16.5. The molecule has 2 aromatic heterocycles. The van der Waals surface area contributed by atoms with Gasteiger partial charge in [-0.15, -0.1) is 0 Å². The quantitative estimate of drug-likeness (QED) is 0.511. The van der Waals surface area contributed by atoms with Crippen LogP contribution in [0, 0.1) is 6.92 Å². The molecule has 0 aliphatic carbocycles. The molecule has 0 unspecified atom stereocenters. The van der Waals surface area contributed by atoms with Gasteiger partial charge < -0.3 is 4.74 Å². The number of nitrogens with zero attached hydrogens (tertiary/aromatic N) is 3. The lowest BCUT2D eigenvalue weighted by atomic mass is 10.2. The van der Waals surface area contributed by atoms with E-state index in [0.717, 1.165) is 28.1 Å². The molecule has 2 heterocycles. The van der Waals surface area contributed by atoms with Crippen molar-refractivity contribution in [1.29, 1.82) is 0 Å². The zero-order valence-electron chi connectivity index (χ0n) is 16.3. The van der Waals surface area contributed by atoms with E-state index < -0.39 is 0 Å². The molecule has 0 saturated heterocycles. The van der Waals surface area contributed by atoms with Crippen LogP contribution in [0.3, 0.4) is 0 Å². The van der Waals surface area contributed by atoms with Gasteiger partial charge in [0.2, 0.25) is 0 Å². The molecule has 0 atom stereocenters. The predicted octanol–water partition coefficient (Wildman–Crippen LogP) is 4.66. The number of aryl methyl sites for hydroxylation is 1. The lowest BCUT2D eigenvalue weighted by molar-refractivity contribution is 0.306. The first-order chi connectivity index (χ1) is 13.6. The van der Waals surface area contributed by atoms with Gasteiger partial charge in [-0.05, 0) is 62.2 Å². The van der Waals surface area contributed by atoms with E-state index in [4.69, 9.17) is 4.74 Å². The third-order valence-corrected chi connectivity index (χ3v) is 4.82. The van der Waals surface area contributed by atoms with E-state index in [0.29, 0.717) is 12.3 Å². The summed E-state index contributed by atoms with van der Waals surface area (Å²) in [7, 11) is 0. The first kappa shape index (κ1) is 18.0. The third kappa shape index (κ3) is 3.20. The van der Waals surface area contributed by atoms with E-state index in [-0.39, 0.29) is 11.7 Å². The molecule has 0 amide bonds. The van der Waals surface area contributed by atoms with Gasteiger partial charge in [0.15, 0.2) is 5.65 Å². The Morgan fingerprint density at radius 1 is 1.00 bits per heavy atom. The lowest BCUT2D eigenvalue weighted by Crippen LogP contribution is -2.24. The Kier molecular flexibility index (Phi) is 4.74. The number of benzene rings is 2. The maximum Gasteiger partial charge on any atom is 0.335 e. The van der Waals surface area contributed by atoms with Crippen molar-refractivity contribution in [3.8, 4) is 11.4 Å². The molecule has 28 heavy (non-hydrogen) atoms. The van der Waals surface area contributed by atoms with Crippen LogP contribution in [0.1, 0.15) is 31.0 Å². The van der Waals surface area contributed by atoms with E-state index in [9.17, 15) is 4.79 Å². The maximum absolute atomic E-state index is 13.1. The third-order valence-electron chi connectivity index (χ3n) is 4.82. The average Bonchev–Trinajstić information content (AvgIpc) is 3.01. The van der Waals surface area contributed by atoms with E-state index >= 15 is 0 Å². The molecule has 0 aliphatic heterocycles. The van der Waals surface area contributed by atoms with Gasteiger partial charge in [-0.2, -0.15) is 0 Å². The summed E-state index contributed by atoms with van der Waals surface area (Å²) in [5, 5.41) is 0. The van der Waals surface area contributed by atoms with Gasteiger partial charge in [-0.25, -0.2) is 14.3 Å². The lowest BCUT2D eigenvalue weighted by Gasteiger charge is -2.08. The second kappa shape index (κ2) is 7.35. The molecule has 4 aromatic rings. The highest BCUT2D eigenvalue weighted by Gasteiger charge is 2.19. The Hall–Kier alpha value is -3.34. The zero-order chi connectivity index (χ0) is 19.7. The Balaban J connectivity index is 1.70. The number of rotatable bonds is 5. The van der Waals surface area contributed by atoms with Crippen molar-refractivity contribution in [2.75, 3.05) is 0 Å².